The Balaban J connectivity index is 2.71. The number of benzene rings is 1. The molecule has 0 fully saturated rings. The largest absolute Gasteiger partial charge is 0.493 e. The van der Waals surface area contributed by atoms with E-state index in [0.29, 0.717) is 12.6 Å². The molecule has 1 rings (SSSR count). The van der Waals surface area contributed by atoms with Crippen LogP contribution in [0.5, 0.6) is 11.5 Å². The summed E-state index contributed by atoms with van der Waals surface area (Å²) in [5.74, 6) is 1.55. The Morgan fingerprint density at radius 3 is 2.50 bits per heavy atom. The van der Waals surface area contributed by atoms with Gasteiger partial charge in [-0.15, -0.1) is 0 Å². The van der Waals surface area contributed by atoms with Gasteiger partial charge in [0.1, 0.15) is 0 Å². The van der Waals surface area contributed by atoms with Crippen molar-refractivity contribution in [2.75, 3.05) is 27.9 Å². The first-order valence-corrected chi connectivity index (χ1v) is 6.19. The number of ether oxygens (including phenoxy) is 3. The molecule has 0 aliphatic heterocycles. The summed E-state index contributed by atoms with van der Waals surface area (Å²) in [6, 6.07) is 6.25. The van der Waals surface area contributed by atoms with E-state index in [9.17, 15) is 0 Å². The molecular weight excluding hydrogens is 230 g/mol. The SMILES string of the molecule is CCC(COC)NCc1cccc(OC)c1OC. The standard InChI is InChI=1S/C14H23NO3/c1-5-12(10-16-2)15-9-11-7-6-8-13(17-3)14(11)18-4/h6-8,12,15H,5,9-10H2,1-4H3. The molecule has 4 nitrogen and oxygen atoms in total. The minimum Gasteiger partial charge on any atom is -0.493 e. The van der Waals surface area contributed by atoms with Gasteiger partial charge in [0, 0.05) is 25.3 Å². The maximum Gasteiger partial charge on any atom is 0.165 e. The van der Waals surface area contributed by atoms with Crippen LogP contribution < -0.4 is 14.8 Å². The Morgan fingerprint density at radius 1 is 1.17 bits per heavy atom. The summed E-state index contributed by atoms with van der Waals surface area (Å²) in [7, 11) is 5.03. The molecule has 0 saturated heterocycles. The number of rotatable bonds is 8. The zero-order chi connectivity index (χ0) is 13.4. The molecule has 0 aromatic heterocycles. The molecule has 0 radical (unpaired) electrons. The van der Waals surface area contributed by atoms with Crippen LogP contribution in [0, 0.1) is 0 Å². The van der Waals surface area contributed by atoms with E-state index in [4.69, 9.17) is 14.2 Å². The molecule has 0 heterocycles. The Bertz CT molecular complexity index is 355. The molecule has 0 aliphatic rings. The van der Waals surface area contributed by atoms with Gasteiger partial charge in [-0.3, -0.25) is 0 Å². The van der Waals surface area contributed by atoms with E-state index in [1.165, 1.54) is 0 Å². The Hall–Kier alpha value is -1.26. The van der Waals surface area contributed by atoms with Crippen molar-refractivity contribution in [1.82, 2.24) is 5.32 Å². The lowest BCUT2D eigenvalue weighted by molar-refractivity contribution is 0.163. The van der Waals surface area contributed by atoms with Crippen LogP contribution in [-0.4, -0.2) is 34.0 Å². The third kappa shape index (κ3) is 3.89. The van der Waals surface area contributed by atoms with Crippen LogP contribution in [0.3, 0.4) is 0 Å². The molecule has 4 heteroatoms. The van der Waals surface area contributed by atoms with Crippen molar-refractivity contribution in [3.63, 3.8) is 0 Å². The van der Waals surface area contributed by atoms with Crippen LogP contribution in [0.4, 0.5) is 0 Å². The third-order valence-electron chi connectivity index (χ3n) is 2.93. The van der Waals surface area contributed by atoms with E-state index in [1.807, 2.05) is 18.2 Å². The monoisotopic (exact) mass is 253 g/mol. The van der Waals surface area contributed by atoms with E-state index >= 15 is 0 Å². The quantitative estimate of drug-likeness (QED) is 0.771. The first kappa shape index (κ1) is 14.8. The Kier molecular flexibility index (Phi) is 6.54. The molecule has 0 bridgehead atoms. The van der Waals surface area contributed by atoms with Gasteiger partial charge in [-0.1, -0.05) is 19.1 Å². The molecule has 0 spiro atoms. The second kappa shape index (κ2) is 7.95. The Morgan fingerprint density at radius 2 is 1.94 bits per heavy atom. The molecule has 0 saturated carbocycles. The average Bonchev–Trinajstić information content (AvgIpc) is 2.42. The van der Waals surface area contributed by atoms with E-state index in [-0.39, 0.29) is 0 Å². The lowest BCUT2D eigenvalue weighted by atomic mass is 10.1. The van der Waals surface area contributed by atoms with Gasteiger partial charge in [0.15, 0.2) is 11.5 Å². The van der Waals surface area contributed by atoms with E-state index in [0.717, 1.165) is 30.0 Å². The first-order chi connectivity index (χ1) is 8.76. The number of para-hydroxylation sites is 1. The lowest BCUT2D eigenvalue weighted by Crippen LogP contribution is -2.32. The molecule has 1 unspecified atom stereocenters. The average molecular weight is 253 g/mol. The van der Waals surface area contributed by atoms with E-state index in [2.05, 4.69) is 12.2 Å². The van der Waals surface area contributed by atoms with Crippen molar-refractivity contribution in [1.29, 1.82) is 0 Å². The predicted octanol–water partition coefficient (Wildman–Crippen LogP) is 2.22. The van der Waals surface area contributed by atoms with Gasteiger partial charge >= 0.3 is 0 Å². The maximum atomic E-state index is 5.40. The summed E-state index contributed by atoms with van der Waals surface area (Å²) in [6.45, 7) is 3.59. The summed E-state index contributed by atoms with van der Waals surface area (Å²) in [4.78, 5) is 0. The minimum atomic E-state index is 0.353. The predicted molar refractivity (Wildman–Crippen MR) is 72.3 cm³/mol. The van der Waals surface area contributed by atoms with Crippen LogP contribution in [0.1, 0.15) is 18.9 Å². The fourth-order valence-electron chi connectivity index (χ4n) is 1.87. The summed E-state index contributed by atoms with van der Waals surface area (Å²) >= 11 is 0. The van der Waals surface area contributed by atoms with Gasteiger partial charge in [-0.05, 0) is 12.5 Å². The second-order valence-corrected chi connectivity index (χ2v) is 4.09. The molecule has 1 atom stereocenters. The van der Waals surface area contributed by atoms with E-state index in [1.54, 1.807) is 21.3 Å². The highest BCUT2D eigenvalue weighted by Crippen LogP contribution is 2.30. The zero-order valence-corrected chi connectivity index (χ0v) is 11.7. The molecule has 1 aromatic carbocycles. The van der Waals surface area contributed by atoms with Crippen molar-refractivity contribution in [2.45, 2.75) is 25.9 Å². The van der Waals surface area contributed by atoms with Crippen molar-refractivity contribution in [2.24, 2.45) is 0 Å². The third-order valence-corrected chi connectivity index (χ3v) is 2.93. The fraction of sp³-hybridized carbons (Fsp3) is 0.571. The lowest BCUT2D eigenvalue weighted by Gasteiger charge is -2.18. The van der Waals surface area contributed by atoms with Gasteiger partial charge in [-0.25, -0.2) is 0 Å². The first-order valence-electron chi connectivity index (χ1n) is 6.19. The van der Waals surface area contributed by atoms with Crippen LogP contribution >= 0.6 is 0 Å². The smallest absolute Gasteiger partial charge is 0.165 e. The highest BCUT2D eigenvalue weighted by molar-refractivity contribution is 5.46. The normalized spacial score (nSPS) is 12.2. The van der Waals surface area contributed by atoms with Crippen molar-refractivity contribution >= 4 is 0 Å². The number of hydrogen-bond acceptors (Lipinski definition) is 4. The number of methoxy groups -OCH3 is 3. The minimum absolute atomic E-state index is 0.353. The molecule has 0 amide bonds. The van der Waals surface area contributed by atoms with Gasteiger partial charge in [-0.2, -0.15) is 0 Å². The van der Waals surface area contributed by atoms with Crippen LogP contribution in [-0.2, 0) is 11.3 Å². The maximum absolute atomic E-state index is 5.40. The Labute approximate surface area is 109 Å². The van der Waals surface area contributed by atoms with Crippen LogP contribution in [0.2, 0.25) is 0 Å². The molecule has 0 aliphatic carbocycles. The molecule has 1 N–H and O–H groups in total. The van der Waals surface area contributed by atoms with Crippen molar-refractivity contribution < 1.29 is 14.2 Å². The fourth-order valence-corrected chi connectivity index (χ4v) is 1.87. The van der Waals surface area contributed by atoms with Gasteiger partial charge in [0.25, 0.3) is 0 Å². The molecule has 102 valence electrons. The summed E-state index contributed by atoms with van der Waals surface area (Å²) < 4.78 is 15.8. The van der Waals surface area contributed by atoms with E-state index < -0.39 is 0 Å². The zero-order valence-electron chi connectivity index (χ0n) is 11.7. The van der Waals surface area contributed by atoms with Crippen molar-refractivity contribution in [3.8, 4) is 11.5 Å². The van der Waals surface area contributed by atoms with Crippen LogP contribution in [0.15, 0.2) is 18.2 Å². The van der Waals surface area contributed by atoms with Crippen molar-refractivity contribution in [3.05, 3.63) is 23.8 Å². The molecular formula is C14H23NO3. The second-order valence-electron chi connectivity index (χ2n) is 4.09. The topological polar surface area (TPSA) is 39.7 Å². The summed E-state index contributed by atoms with van der Waals surface area (Å²) in [6.07, 6.45) is 1.03. The van der Waals surface area contributed by atoms with Crippen LogP contribution in [0.25, 0.3) is 0 Å². The highest BCUT2D eigenvalue weighted by Gasteiger charge is 2.11. The summed E-state index contributed by atoms with van der Waals surface area (Å²) in [5.41, 5.74) is 1.09. The highest BCUT2D eigenvalue weighted by atomic mass is 16.5. The van der Waals surface area contributed by atoms with Gasteiger partial charge in [0.05, 0.1) is 20.8 Å². The van der Waals surface area contributed by atoms with Gasteiger partial charge in [0.2, 0.25) is 0 Å². The van der Waals surface area contributed by atoms with Gasteiger partial charge < -0.3 is 19.5 Å². The molecule has 1 aromatic rings. The molecule has 18 heavy (non-hydrogen) atoms. The summed E-state index contributed by atoms with van der Waals surface area (Å²) in [5, 5.41) is 3.45. The number of hydrogen-bond donors (Lipinski definition) is 1. The number of nitrogens with one attached hydrogen (secondary N) is 1.